The first kappa shape index (κ1) is 11.6. The molecule has 3 heteroatoms. The molecule has 2 rings (SSSR count). The van der Waals surface area contributed by atoms with Gasteiger partial charge in [-0.25, -0.2) is 0 Å². The molecular formula is C14H10O2S. The second-order valence-electron chi connectivity index (χ2n) is 3.48. The highest BCUT2D eigenvalue weighted by Crippen LogP contribution is 2.27. The summed E-state index contributed by atoms with van der Waals surface area (Å²) in [7, 11) is 0. The van der Waals surface area contributed by atoms with Gasteiger partial charge in [0.05, 0.1) is 0 Å². The van der Waals surface area contributed by atoms with Crippen LogP contribution in [0.15, 0.2) is 58.3 Å². The first-order chi connectivity index (χ1) is 8.31. The fourth-order valence-corrected chi connectivity index (χ4v) is 2.29. The molecule has 0 atom stereocenters. The Labute approximate surface area is 104 Å². The minimum absolute atomic E-state index is 0.663. The maximum Gasteiger partial charge on any atom is 0.150 e. The van der Waals surface area contributed by atoms with Gasteiger partial charge in [-0.15, -0.1) is 0 Å². The molecule has 0 aliphatic heterocycles. The molecule has 2 aromatic carbocycles. The lowest BCUT2D eigenvalue weighted by molar-refractivity contribution is 0.111. The topological polar surface area (TPSA) is 34.1 Å². The van der Waals surface area contributed by atoms with Crippen molar-refractivity contribution < 1.29 is 9.59 Å². The van der Waals surface area contributed by atoms with Gasteiger partial charge < -0.3 is 0 Å². The van der Waals surface area contributed by atoms with Crippen LogP contribution in [-0.2, 0) is 0 Å². The molecule has 0 aromatic heterocycles. The number of carbonyl (C=O) groups excluding carboxylic acids is 2. The van der Waals surface area contributed by atoms with Crippen LogP contribution in [0.3, 0.4) is 0 Å². The van der Waals surface area contributed by atoms with Crippen molar-refractivity contribution >= 4 is 24.3 Å². The van der Waals surface area contributed by atoms with Gasteiger partial charge in [-0.3, -0.25) is 9.59 Å². The first-order valence-corrected chi connectivity index (χ1v) is 5.92. The summed E-state index contributed by atoms with van der Waals surface area (Å²) in [6.07, 6.45) is 1.65. The van der Waals surface area contributed by atoms with Crippen LogP contribution in [0.5, 0.6) is 0 Å². The molecule has 0 spiro atoms. The summed E-state index contributed by atoms with van der Waals surface area (Å²) >= 11 is 1.56. The van der Waals surface area contributed by atoms with Crippen LogP contribution in [0.25, 0.3) is 0 Å². The first-order valence-electron chi connectivity index (χ1n) is 5.10. The SMILES string of the molecule is O=Cc1ccc(Sc2cccc(C=O)c2)cc1. The number of rotatable bonds is 4. The number of aldehydes is 2. The molecular weight excluding hydrogens is 232 g/mol. The lowest BCUT2D eigenvalue weighted by Gasteiger charge is -2.02. The van der Waals surface area contributed by atoms with E-state index in [0.717, 1.165) is 22.4 Å². The lowest BCUT2D eigenvalue weighted by Crippen LogP contribution is -1.81. The summed E-state index contributed by atoms with van der Waals surface area (Å²) in [5, 5.41) is 0. The van der Waals surface area contributed by atoms with Crippen LogP contribution in [-0.4, -0.2) is 12.6 Å². The molecule has 0 saturated heterocycles. The molecule has 0 aliphatic carbocycles. The van der Waals surface area contributed by atoms with E-state index < -0.39 is 0 Å². The third-order valence-electron chi connectivity index (χ3n) is 2.25. The minimum atomic E-state index is 0.663. The monoisotopic (exact) mass is 242 g/mol. The smallest absolute Gasteiger partial charge is 0.150 e. The van der Waals surface area contributed by atoms with E-state index in [-0.39, 0.29) is 0 Å². The Morgan fingerprint density at radius 2 is 1.47 bits per heavy atom. The van der Waals surface area contributed by atoms with E-state index in [0.29, 0.717) is 11.1 Å². The Hall–Kier alpha value is -1.87. The van der Waals surface area contributed by atoms with Gasteiger partial charge in [0, 0.05) is 20.9 Å². The molecule has 0 N–H and O–H groups in total. The van der Waals surface area contributed by atoms with Crippen LogP contribution >= 0.6 is 11.8 Å². The zero-order valence-corrected chi connectivity index (χ0v) is 9.81. The molecule has 0 heterocycles. The molecule has 17 heavy (non-hydrogen) atoms. The van der Waals surface area contributed by atoms with Gasteiger partial charge in [-0.05, 0) is 24.3 Å². The summed E-state index contributed by atoms with van der Waals surface area (Å²) < 4.78 is 0. The molecule has 2 nitrogen and oxygen atoms in total. The van der Waals surface area contributed by atoms with Crippen molar-refractivity contribution in [3.05, 3.63) is 59.7 Å². The van der Waals surface area contributed by atoms with Crippen molar-refractivity contribution in [1.29, 1.82) is 0 Å². The molecule has 0 unspecified atom stereocenters. The summed E-state index contributed by atoms with van der Waals surface area (Å²) in [5.74, 6) is 0. The van der Waals surface area contributed by atoms with Crippen molar-refractivity contribution in [3.63, 3.8) is 0 Å². The van der Waals surface area contributed by atoms with E-state index in [9.17, 15) is 9.59 Å². The van der Waals surface area contributed by atoms with Crippen LogP contribution in [0.2, 0.25) is 0 Å². The number of carbonyl (C=O) groups is 2. The van der Waals surface area contributed by atoms with Crippen molar-refractivity contribution in [1.82, 2.24) is 0 Å². The average Bonchev–Trinajstić information content (AvgIpc) is 2.40. The van der Waals surface area contributed by atoms with E-state index >= 15 is 0 Å². The Morgan fingerprint density at radius 1 is 0.765 bits per heavy atom. The Balaban J connectivity index is 2.18. The van der Waals surface area contributed by atoms with E-state index in [2.05, 4.69) is 0 Å². The zero-order chi connectivity index (χ0) is 12.1. The number of hydrogen-bond acceptors (Lipinski definition) is 3. The molecule has 0 radical (unpaired) electrons. The average molecular weight is 242 g/mol. The highest BCUT2D eigenvalue weighted by atomic mass is 32.2. The van der Waals surface area contributed by atoms with Gasteiger partial charge in [-0.2, -0.15) is 0 Å². The third-order valence-corrected chi connectivity index (χ3v) is 3.24. The second kappa shape index (κ2) is 5.46. The van der Waals surface area contributed by atoms with Crippen molar-refractivity contribution in [2.75, 3.05) is 0 Å². The van der Waals surface area contributed by atoms with Gasteiger partial charge in [0.2, 0.25) is 0 Å². The quantitative estimate of drug-likeness (QED) is 0.770. The van der Waals surface area contributed by atoms with Crippen molar-refractivity contribution in [2.45, 2.75) is 9.79 Å². The lowest BCUT2D eigenvalue weighted by atomic mass is 10.2. The molecule has 2 aromatic rings. The van der Waals surface area contributed by atoms with Gasteiger partial charge >= 0.3 is 0 Å². The largest absolute Gasteiger partial charge is 0.298 e. The minimum Gasteiger partial charge on any atom is -0.298 e. The Bertz CT molecular complexity index is 532. The highest BCUT2D eigenvalue weighted by molar-refractivity contribution is 7.99. The van der Waals surface area contributed by atoms with Crippen molar-refractivity contribution in [3.8, 4) is 0 Å². The van der Waals surface area contributed by atoms with E-state index in [1.807, 2.05) is 30.3 Å². The summed E-state index contributed by atoms with van der Waals surface area (Å²) in [6.45, 7) is 0. The second-order valence-corrected chi connectivity index (χ2v) is 4.63. The summed E-state index contributed by atoms with van der Waals surface area (Å²) in [4.78, 5) is 23.2. The van der Waals surface area contributed by atoms with Crippen molar-refractivity contribution in [2.24, 2.45) is 0 Å². The predicted molar refractivity (Wildman–Crippen MR) is 67.8 cm³/mol. The summed E-state index contributed by atoms with van der Waals surface area (Å²) in [5.41, 5.74) is 1.33. The van der Waals surface area contributed by atoms with Gasteiger partial charge in [-0.1, -0.05) is 36.0 Å². The van der Waals surface area contributed by atoms with Crippen LogP contribution in [0, 0.1) is 0 Å². The number of hydrogen-bond donors (Lipinski definition) is 0. The van der Waals surface area contributed by atoms with Crippen LogP contribution in [0.4, 0.5) is 0 Å². The van der Waals surface area contributed by atoms with Crippen LogP contribution in [0.1, 0.15) is 20.7 Å². The summed E-state index contributed by atoms with van der Waals surface area (Å²) in [6, 6.07) is 14.7. The molecule has 0 saturated carbocycles. The van der Waals surface area contributed by atoms with E-state index in [4.69, 9.17) is 0 Å². The predicted octanol–water partition coefficient (Wildman–Crippen LogP) is 3.46. The molecule has 0 aliphatic rings. The van der Waals surface area contributed by atoms with Gasteiger partial charge in [0.1, 0.15) is 12.6 Å². The standard InChI is InChI=1S/C14H10O2S/c15-9-11-4-6-13(7-5-11)17-14-3-1-2-12(8-14)10-16/h1-10H. The fraction of sp³-hybridized carbons (Fsp3) is 0. The third kappa shape index (κ3) is 3.04. The fourth-order valence-electron chi connectivity index (χ4n) is 1.40. The van der Waals surface area contributed by atoms with E-state index in [1.54, 1.807) is 30.0 Å². The Kier molecular flexibility index (Phi) is 3.73. The van der Waals surface area contributed by atoms with E-state index in [1.165, 1.54) is 0 Å². The highest BCUT2D eigenvalue weighted by Gasteiger charge is 1.99. The molecule has 0 amide bonds. The maximum atomic E-state index is 10.6. The van der Waals surface area contributed by atoms with Gasteiger partial charge in [0.15, 0.2) is 0 Å². The molecule has 0 fully saturated rings. The maximum absolute atomic E-state index is 10.6. The van der Waals surface area contributed by atoms with Crippen LogP contribution < -0.4 is 0 Å². The normalized spacial score (nSPS) is 9.88. The zero-order valence-electron chi connectivity index (χ0n) is 9.00. The van der Waals surface area contributed by atoms with Gasteiger partial charge in [0.25, 0.3) is 0 Å². The Morgan fingerprint density at radius 3 is 2.12 bits per heavy atom. The molecule has 0 bridgehead atoms. The molecule has 84 valence electrons. The number of benzene rings is 2.